The van der Waals surface area contributed by atoms with Gasteiger partial charge in [-0.15, -0.1) is 24.0 Å². The summed E-state index contributed by atoms with van der Waals surface area (Å²) in [6, 6.07) is 6.19. The topological polar surface area (TPSA) is 54.9 Å². The quantitative estimate of drug-likeness (QED) is 0.349. The largest absolute Gasteiger partial charge is 0.497 e. The standard InChI is InChI=1S/C20H30ClN3O2.HI/c1-5-22-19(24-17-15-9-11-26-18(15)20(17,2)3)23-10-8-13-6-7-14(25-4)12-16(13)21;/h6-7,12,15,17-18H,5,8-11H2,1-4H3,(H2,22,23,24);1H. The van der Waals surface area contributed by atoms with Crippen molar-refractivity contribution in [2.45, 2.75) is 45.8 Å². The Hall–Kier alpha value is -0.730. The number of guanidine groups is 1. The average Bonchev–Trinajstić information content (AvgIpc) is 3.08. The van der Waals surface area contributed by atoms with Gasteiger partial charge in [-0.2, -0.15) is 0 Å². The molecule has 0 amide bonds. The highest BCUT2D eigenvalue weighted by atomic mass is 127. The van der Waals surface area contributed by atoms with Gasteiger partial charge in [-0.1, -0.05) is 31.5 Å². The lowest BCUT2D eigenvalue weighted by Crippen LogP contribution is -2.68. The molecule has 1 aromatic rings. The Kier molecular flexibility index (Phi) is 8.06. The molecule has 1 saturated heterocycles. The van der Waals surface area contributed by atoms with E-state index in [1.54, 1.807) is 7.11 Å². The van der Waals surface area contributed by atoms with Crippen LogP contribution >= 0.6 is 35.6 Å². The Labute approximate surface area is 184 Å². The molecule has 1 heterocycles. The van der Waals surface area contributed by atoms with Crippen LogP contribution in [0.5, 0.6) is 5.75 Å². The van der Waals surface area contributed by atoms with Crippen LogP contribution in [-0.2, 0) is 11.2 Å². The van der Waals surface area contributed by atoms with Crippen molar-refractivity contribution in [3.05, 3.63) is 28.8 Å². The number of benzene rings is 1. The first kappa shape index (κ1) is 22.6. The fraction of sp³-hybridized carbons (Fsp3) is 0.650. The summed E-state index contributed by atoms with van der Waals surface area (Å²) in [7, 11) is 1.64. The van der Waals surface area contributed by atoms with E-state index in [0.717, 1.165) is 48.3 Å². The van der Waals surface area contributed by atoms with Crippen LogP contribution in [0.3, 0.4) is 0 Å². The summed E-state index contributed by atoms with van der Waals surface area (Å²) in [6.45, 7) is 9.03. The molecule has 2 N–H and O–H groups in total. The Morgan fingerprint density at radius 2 is 2.19 bits per heavy atom. The van der Waals surface area contributed by atoms with E-state index < -0.39 is 0 Å². The van der Waals surface area contributed by atoms with E-state index in [1.807, 2.05) is 18.2 Å². The van der Waals surface area contributed by atoms with Gasteiger partial charge in [0, 0.05) is 42.1 Å². The second kappa shape index (κ2) is 9.65. The number of methoxy groups -OCH3 is 1. The van der Waals surface area contributed by atoms with Crippen molar-refractivity contribution in [2.24, 2.45) is 16.3 Å². The van der Waals surface area contributed by atoms with Crippen molar-refractivity contribution in [1.82, 2.24) is 10.6 Å². The third kappa shape index (κ3) is 4.82. The Morgan fingerprint density at radius 1 is 1.41 bits per heavy atom. The van der Waals surface area contributed by atoms with Crippen LogP contribution in [0.1, 0.15) is 32.8 Å². The number of nitrogens with one attached hydrogen (secondary N) is 2. The van der Waals surface area contributed by atoms with Crippen molar-refractivity contribution in [3.63, 3.8) is 0 Å². The second-order valence-electron chi connectivity index (χ2n) is 7.66. The van der Waals surface area contributed by atoms with Crippen LogP contribution in [-0.4, -0.2) is 44.9 Å². The molecule has 0 aromatic heterocycles. The van der Waals surface area contributed by atoms with Gasteiger partial charge in [0.15, 0.2) is 5.96 Å². The number of aliphatic imine (C=N–C) groups is 1. The average molecular weight is 508 g/mol. The highest BCUT2D eigenvalue weighted by Gasteiger charge is 2.59. The van der Waals surface area contributed by atoms with Crippen molar-refractivity contribution in [3.8, 4) is 5.75 Å². The van der Waals surface area contributed by atoms with Gasteiger partial charge in [-0.3, -0.25) is 4.99 Å². The van der Waals surface area contributed by atoms with Gasteiger partial charge in [0.25, 0.3) is 0 Å². The van der Waals surface area contributed by atoms with E-state index in [-0.39, 0.29) is 29.4 Å². The smallest absolute Gasteiger partial charge is 0.191 e. The normalized spacial score (nSPS) is 25.8. The van der Waals surface area contributed by atoms with E-state index in [0.29, 0.717) is 24.6 Å². The summed E-state index contributed by atoms with van der Waals surface area (Å²) < 4.78 is 11.1. The van der Waals surface area contributed by atoms with Crippen molar-refractivity contribution in [2.75, 3.05) is 26.8 Å². The molecule has 1 aliphatic carbocycles. The third-order valence-corrected chi connectivity index (χ3v) is 6.00. The zero-order valence-corrected chi connectivity index (χ0v) is 19.6. The molecule has 152 valence electrons. The highest BCUT2D eigenvalue weighted by molar-refractivity contribution is 14.0. The number of rotatable bonds is 6. The molecule has 0 radical (unpaired) electrons. The predicted molar refractivity (Wildman–Crippen MR) is 122 cm³/mol. The Morgan fingerprint density at radius 3 is 2.85 bits per heavy atom. The second-order valence-corrected chi connectivity index (χ2v) is 8.06. The number of fused-ring (bicyclic) bond motifs is 1. The molecule has 3 atom stereocenters. The van der Waals surface area contributed by atoms with E-state index in [1.165, 1.54) is 0 Å². The van der Waals surface area contributed by atoms with Gasteiger partial charge >= 0.3 is 0 Å². The lowest BCUT2D eigenvalue weighted by molar-refractivity contribution is -0.106. The maximum Gasteiger partial charge on any atom is 0.191 e. The summed E-state index contributed by atoms with van der Waals surface area (Å²) in [6.07, 6.45) is 2.30. The van der Waals surface area contributed by atoms with Crippen LogP contribution < -0.4 is 15.4 Å². The van der Waals surface area contributed by atoms with E-state index >= 15 is 0 Å². The molecule has 3 unspecified atom stereocenters. The maximum absolute atomic E-state index is 6.33. The minimum atomic E-state index is 0. The molecule has 1 aliphatic heterocycles. The molecule has 1 saturated carbocycles. The van der Waals surface area contributed by atoms with E-state index in [9.17, 15) is 0 Å². The van der Waals surface area contributed by atoms with E-state index in [2.05, 4.69) is 31.4 Å². The molecule has 5 nitrogen and oxygen atoms in total. The number of nitrogens with zero attached hydrogens (tertiary/aromatic N) is 1. The molecular formula is C20H31ClIN3O2. The predicted octanol–water partition coefficient (Wildman–Crippen LogP) is 3.88. The molecule has 27 heavy (non-hydrogen) atoms. The fourth-order valence-electron chi connectivity index (χ4n) is 4.23. The summed E-state index contributed by atoms with van der Waals surface area (Å²) in [5.74, 6) is 2.24. The minimum absolute atomic E-state index is 0. The minimum Gasteiger partial charge on any atom is -0.497 e. The Balaban J connectivity index is 0.00000261. The first-order valence-corrected chi connectivity index (χ1v) is 9.84. The lowest BCUT2D eigenvalue weighted by atomic mass is 9.57. The van der Waals surface area contributed by atoms with Gasteiger partial charge in [0.05, 0.1) is 13.2 Å². The Bertz CT molecular complexity index is 669. The molecular weight excluding hydrogens is 477 g/mol. The van der Waals surface area contributed by atoms with Crippen molar-refractivity contribution >= 4 is 41.5 Å². The van der Waals surface area contributed by atoms with Crippen LogP contribution in [0.15, 0.2) is 23.2 Å². The lowest BCUT2D eigenvalue weighted by Gasteiger charge is -2.54. The molecule has 3 rings (SSSR count). The number of ether oxygens (including phenoxy) is 2. The van der Waals surface area contributed by atoms with Crippen molar-refractivity contribution in [1.29, 1.82) is 0 Å². The van der Waals surface area contributed by atoms with Crippen molar-refractivity contribution < 1.29 is 9.47 Å². The zero-order valence-electron chi connectivity index (χ0n) is 16.5. The van der Waals surface area contributed by atoms with E-state index in [4.69, 9.17) is 26.1 Å². The summed E-state index contributed by atoms with van der Waals surface area (Å²) in [4.78, 5) is 4.76. The van der Waals surface area contributed by atoms with Gasteiger partial charge in [0.2, 0.25) is 0 Å². The van der Waals surface area contributed by atoms with Crippen LogP contribution in [0.25, 0.3) is 0 Å². The van der Waals surface area contributed by atoms with Crippen LogP contribution in [0.4, 0.5) is 0 Å². The molecule has 0 bridgehead atoms. The SMILES string of the molecule is CCNC(=NCCc1ccc(OC)cc1Cl)NC1C2CCOC2C1(C)C.I. The highest BCUT2D eigenvalue weighted by Crippen LogP contribution is 2.52. The fourth-order valence-corrected chi connectivity index (χ4v) is 4.50. The molecule has 1 aromatic carbocycles. The van der Waals surface area contributed by atoms with Crippen LogP contribution in [0, 0.1) is 11.3 Å². The monoisotopic (exact) mass is 507 g/mol. The first-order chi connectivity index (χ1) is 12.5. The van der Waals surface area contributed by atoms with Crippen LogP contribution in [0.2, 0.25) is 5.02 Å². The third-order valence-electron chi connectivity index (χ3n) is 5.65. The molecule has 2 aliphatic rings. The maximum atomic E-state index is 6.33. The zero-order chi connectivity index (χ0) is 18.7. The van der Waals surface area contributed by atoms with Gasteiger partial charge in [0.1, 0.15) is 5.75 Å². The first-order valence-electron chi connectivity index (χ1n) is 9.46. The molecule has 0 spiro atoms. The summed E-state index contributed by atoms with van der Waals surface area (Å²) in [5.41, 5.74) is 1.22. The van der Waals surface area contributed by atoms with Gasteiger partial charge < -0.3 is 20.1 Å². The van der Waals surface area contributed by atoms with Gasteiger partial charge in [-0.25, -0.2) is 0 Å². The number of hydrogen-bond donors (Lipinski definition) is 2. The number of hydrogen-bond acceptors (Lipinski definition) is 3. The molecule has 7 heteroatoms. The summed E-state index contributed by atoms with van der Waals surface area (Å²) in [5, 5.41) is 7.73. The van der Waals surface area contributed by atoms with Gasteiger partial charge in [-0.05, 0) is 37.5 Å². The summed E-state index contributed by atoms with van der Waals surface area (Å²) >= 11 is 6.33. The molecule has 2 fully saturated rings. The number of halogens is 2.